The molecule has 1 heterocycles. The van der Waals surface area contributed by atoms with Gasteiger partial charge >= 0.3 is 0 Å². The van der Waals surface area contributed by atoms with Gasteiger partial charge in [0.2, 0.25) is 5.78 Å². The van der Waals surface area contributed by atoms with Crippen LogP contribution in [0.25, 0.3) is 0 Å². The van der Waals surface area contributed by atoms with E-state index in [1.54, 1.807) is 19.0 Å². The van der Waals surface area contributed by atoms with Gasteiger partial charge in [-0.25, -0.2) is 4.39 Å². The van der Waals surface area contributed by atoms with Crippen LogP contribution < -0.4 is 10.6 Å². The molecular formula is C25H28FN3O7. The first-order chi connectivity index (χ1) is 16.9. The number of carbonyl (C=O) groups excluding carboxylic acids is 3. The minimum Gasteiger partial charge on any atom is -0.510 e. The number of nitrogens with zero attached hydrogens (tertiary/aromatic N) is 2. The number of carbonyl (C=O) groups is 3. The molecule has 4 atom stereocenters. The highest BCUT2D eigenvalue weighted by Gasteiger charge is 2.63. The van der Waals surface area contributed by atoms with Gasteiger partial charge < -0.3 is 31.1 Å². The number of rotatable bonds is 3. The average Bonchev–Trinajstić information content (AvgIpc) is 3.32. The Morgan fingerprint density at radius 2 is 1.83 bits per heavy atom. The van der Waals surface area contributed by atoms with Crippen molar-refractivity contribution < 1.29 is 39.2 Å². The second-order valence-corrected chi connectivity index (χ2v) is 10.2. The average molecular weight is 502 g/mol. The van der Waals surface area contributed by atoms with E-state index in [2.05, 4.69) is 0 Å². The van der Waals surface area contributed by atoms with Gasteiger partial charge in [0, 0.05) is 36.2 Å². The van der Waals surface area contributed by atoms with Gasteiger partial charge in [-0.05, 0) is 45.7 Å². The van der Waals surface area contributed by atoms with Crippen LogP contribution >= 0.6 is 0 Å². The molecule has 36 heavy (non-hydrogen) atoms. The van der Waals surface area contributed by atoms with E-state index in [4.69, 9.17) is 5.73 Å². The SMILES string of the molecule is CN(C)[C@@H]1C(O)=C(C(N)=O)C(=O)[C@@]2(O)C(O)=C3C(=O)c4c(O)cc(N5CCCC5)c(F)c4C[C@H]3C[C@@H]12. The molecule has 6 N–H and O–H groups in total. The number of primary amides is 1. The molecule has 1 amide bonds. The predicted molar refractivity (Wildman–Crippen MR) is 125 cm³/mol. The van der Waals surface area contributed by atoms with Gasteiger partial charge in [0.25, 0.3) is 5.91 Å². The fourth-order valence-corrected chi connectivity index (χ4v) is 6.47. The zero-order valence-corrected chi connectivity index (χ0v) is 19.9. The summed E-state index contributed by atoms with van der Waals surface area (Å²) >= 11 is 0. The van der Waals surface area contributed by atoms with Crippen molar-refractivity contribution in [3.05, 3.63) is 45.7 Å². The number of allylic oxidation sites excluding steroid dienone is 1. The van der Waals surface area contributed by atoms with Crippen molar-refractivity contribution in [2.45, 2.75) is 37.3 Å². The molecule has 0 unspecified atom stereocenters. The zero-order valence-electron chi connectivity index (χ0n) is 19.9. The summed E-state index contributed by atoms with van der Waals surface area (Å²) in [6, 6.07) is 0.0970. The predicted octanol–water partition coefficient (Wildman–Crippen LogP) is 0.860. The van der Waals surface area contributed by atoms with E-state index in [1.165, 1.54) is 11.0 Å². The maximum Gasteiger partial charge on any atom is 0.255 e. The van der Waals surface area contributed by atoms with Crippen molar-refractivity contribution in [1.82, 2.24) is 4.90 Å². The van der Waals surface area contributed by atoms with Gasteiger partial charge in [0.1, 0.15) is 22.8 Å². The van der Waals surface area contributed by atoms with Crippen LogP contribution in [0.15, 0.2) is 28.7 Å². The van der Waals surface area contributed by atoms with Crippen LogP contribution in [0.2, 0.25) is 0 Å². The van der Waals surface area contributed by atoms with Crippen LogP contribution in [0, 0.1) is 17.7 Å². The molecule has 0 aromatic heterocycles. The number of aliphatic hydroxyl groups excluding tert-OH is 2. The summed E-state index contributed by atoms with van der Waals surface area (Å²) in [4.78, 5) is 42.1. The quantitative estimate of drug-likeness (QED) is 0.378. The summed E-state index contributed by atoms with van der Waals surface area (Å²) in [6.07, 6.45) is 1.60. The fraction of sp³-hybridized carbons (Fsp3) is 0.480. The summed E-state index contributed by atoms with van der Waals surface area (Å²) in [5, 5.41) is 44.3. The standard InChI is InChI=1S/C25H28FN3O7/c1-28(2)19-12-8-10-7-11-16(14(30)9-13(18(11)26)29-5-3-4-6-29)20(31)15(10)22(33)25(12,36)23(34)17(21(19)32)24(27)35/h9-10,12,19,30,32-33,36H,3-8H2,1-2H3,(H2,27,35)/t10-,12-,19-,25-/m0/s1. The number of aromatic hydroxyl groups is 1. The number of fused-ring (bicyclic) bond motifs is 3. The van der Waals surface area contributed by atoms with E-state index in [0.717, 1.165) is 12.8 Å². The number of benzene rings is 1. The summed E-state index contributed by atoms with van der Waals surface area (Å²) in [7, 11) is 3.10. The smallest absolute Gasteiger partial charge is 0.255 e. The number of likely N-dealkylation sites (N-methyl/N-ethyl adjacent to an activating group) is 1. The highest BCUT2D eigenvalue weighted by Crippen LogP contribution is 2.53. The molecule has 0 bridgehead atoms. The zero-order chi connectivity index (χ0) is 26.3. The number of hydrogen-bond acceptors (Lipinski definition) is 9. The van der Waals surface area contributed by atoms with Crippen molar-refractivity contribution in [3.63, 3.8) is 0 Å². The molecule has 0 saturated carbocycles. The molecule has 0 radical (unpaired) electrons. The molecule has 4 aliphatic rings. The summed E-state index contributed by atoms with van der Waals surface area (Å²) in [5.74, 6) is -8.15. The highest BCUT2D eigenvalue weighted by atomic mass is 19.1. The third-order valence-electron chi connectivity index (χ3n) is 8.08. The molecule has 1 saturated heterocycles. The van der Waals surface area contributed by atoms with E-state index in [0.29, 0.717) is 13.1 Å². The minimum atomic E-state index is -2.71. The molecule has 10 nitrogen and oxygen atoms in total. The number of amides is 1. The summed E-state index contributed by atoms with van der Waals surface area (Å²) < 4.78 is 15.7. The Balaban J connectivity index is 1.69. The van der Waals surface area contributed by atoms with Crippen LogP contribution in [0.1, 0.15) is 35.2 Å². The van der Waals surface area contributed by atoms with Crippen molar-refractivity contribution in [2.75, 3.05) is 32.1 Å². The van der Waals surface area contributed by atoms with Gasteiger partial charge in [-0.2, -0.15) is 0 Å². The summed E-state index contributed by atoms with van der Waals surface area (Å²) in [6.45, 7) is 1.24. The van der Waals surface area contributed by atoms with Crippen LogP contribution in [0.5, 0.6) is 5.75 Å². The van der Waals surface area contributed by atoms with Gasteiger partial charge in [-0.1, -0.05) is 0 Å². The number of Topliss-reactive ketones (excluding diaryl/α,β-unsaturated/α-hetero) is 2. The third kappa shape index (κ3) is 3.05. The molecule has 11 heteroatoms. The van der Waals surface area contributed by atoms with Gasteiger partial charge in [0.05, 0.1) is 17.3 Å². The number of aliphatic hydroxyl groups is 3. The number of halogens is 1. The normalized spacial score (nSPS) is 30.0. The third-order valence-corrected chi connectivity index (χ3v) is 8.08. The van der Waals surface area contributed by atoms with Crippen molar-refractivity contribution in [1.29, 1.82) is 0 Å². The minimum absolute atomic E-state index is 0.00928. The molecular weight excluding hydrogens is 473 g/mol. The molecule has 3 aliphatic carbocycles. The van der Waals surface area contributed by atoms with Crippen molar-refractivity contribution in [2.24, 2.45) is 17.6 Å². The van der Waals surface area contributed by atoms with E-state index >= 15 is 4.39 Å². The first-order valence-electron chi connectivity index (χ1n) is 11.8. The van der Waals surface area contributed by atoms with E-state index in [9.17, 15) is 34.8 Å². The lowest BCUT2D eigenvalue weighted by Crippen LogP contribution is -2.63. The van der Waals surface area contributed by atoms with E-state index in [-0.39, 0.29) is 35.2 Å². The van der Waals surface area contributed by atoms with Gasteiger partial charge in [-0.3, -0.25) is 19.3 Å². The lowest BCUT2D eigenvalue weighted by Gasteiger charge is -2.50. The van der Waals surface area contributed by atoms with Crippen LogP contribution in [-0.2, 0) is 16.0 Å². The molecule has 1 aromatic carbocycles. The Morgan fingerprint density at radius 1 is 1.19 bits per heavy atom. The molecule has 192 valence electrons. The Hall–Kier alpha value is -3.44. The molecule has 1 fully saturated rings. The number of ketones is 2. The number of phenols is 1. The topological polar surface area (TPSA) is 165 Å². The Morgan fingerprint density at radius 3 is 2.42 bits per heavy atom. The van der Waals surface area contributed by atoms with Crippen molar-refractivity contribution >= 4 is 23.2 Å². The Labute approximate surface area is 206 Å². The maximum atomic E-state index is 15.7. The lowest BCUT2D eigenvalue weighted by molar-refractivity contribution is -0.148. The fourth-order valence-electron chi connectivity index (χ4n) is 6.47. The van der Waals surface area contributed by atoms with Crippen LogP contribution in [0.3, 0.4) is 0 Å². The Kier molecular flexibility index (Phi) is 5.42. The Bertz CT molecular complexity index is 1280. The van der Waals surface area contributed by atoms with Crippen LogP contribution in [0.4, 0.5) is 10.1 Å². The van der Waals surface area contributed by atoms with Crippen LogP contribution in [-0.4, -0.2) is 81.6 Å². The van der Waals surface area contributed by atoms with E-state index < -0.39 is 69.6 Å². The number of anilines is 1. The van der Waals surface area contributed by atoms with Crippen molar-refractivity contribution in [3.8, 4) is 5.75 Å². The first kappa shape index (κ1) is 24.3. The second-order valence-electron chi connectivity index (χ2n) is 10.2. The molecule has 1 aliphatic heterocycles. The highest BCUT2D eigenvalue weighted by molar-refractivity contribution is 6.24. The molecule has 5 rings (SSSR count). The maximum absolute atomic E-state index is 15.7. The monoisotopic (exact) mass is 501 g/mol. The number of hydrogen-bond donors (Lipinski definition) is 5. The van der Waals surface area contributed by atoms with E-state index in [1.807, 2.05) is 0 Å². The largest absolute Gasteiger partial charge is 0.510 e. The molecule has 0 spiro atoms. The number of nitrogens with two attached hydrogens (primary N) is 1. The lowest BCUT2D eigenvalue weighted by atomic mass is 9.58. The first-order valence-corrected chi connectivity index (χ1v) is 11.8. The number of phenolic OH excluding ortho intramolecular Hbond substituents is 1. The second kappa shape index (κ2) is 8.04. The van der Waals surface area contributed by atoms with Gasteiger partial charge in [-0.15, -0.1) is 0 Å². The summed E-state index contributed by atoms with van der Waals surface area (Å²) in [5.41, 5.74) is 1.31. The van der Waals surface area contributed by atoms with Gasteiger partial charge in [0.15, 0.2) is 17.2 Å². The molecule has 1 aromatic rings.